The number of nitrogens with zero attached hydrogens (tertiary/aromatic N) is 2. The molecule has 1 aliphatic carbocycles. The minimum Gasteiger partial charge on any atom is -0.496 e. The van der Waals surface area contributed by atoms with Crippen molar-refractivity contribution in [3.8, 4) is 11.7 Å². The Kier molecular flexibility index (Phi) is 6.48. The molecule has 0 N–H and O–H groups in total. The number of aryl methyl sites for hydroxylation is 1. The standard InChI is InChI=1S/C28H32BClN2O2/c1-19-6-11-22(25(16-19)34-2)23-12-13-28(32-14-4-3-5-15-32)24(17-29(18-31)27(28)33)26(23)20-7-9-21(30)10-8-20/h6-11,16,23-24,26H,3-5,12-15,17H2,1-2H3. The molecule has 4 unspecified atom stereocenters. The molecule has 0 spiro atoms. The SMILES string of the molecule is COc1cc(C)ccc1C1CCC2(N3CCCCC3)C(=O)B(C#N)CC2C1c1ccc(Cl)cc1. The van der Waals surface area contributed by atoms with Gasteiger partial charge in [0.2, 0.25) is 0 Å². The van der Waals surface area contributed by atoms with Crippen LogP contribution in [-0.4, -0.2) is 43.0 Å². The fraction of sp³-hybridized carbons (Fsp3) is 0.500. The molecule has 2 aromatic carbocycles. The van der Waals surface area contributed by atoms with E-state index in [1.165, 1.54) is 23.1 Å². The number of fused-ring (bicyclic) bond motifs is 1. The third-order valence-corrected chi connectivity index (χ3v) is 8.92. The molecule has 2 aromatic rings. The first kappa shape index (κ1) is 23.5. The number of methoxy groups -OCH3 is 1. The third-order valence-electron chi connectivity index (χ3n) is 8.67. The second-order valence-electron chi connectivity index (χ2n) is 10.3. The summed E-state index contributed by atoms with van der Waals surface area (Å²) >= 11 is 6.27. The van der Waals surface area contributed by atoms with Crippen LogP contribution in [-0.2, 0) is 4.79 Å². The number of ether oxygens (including phenoxy) is 1. The molecule has 0 amide bonds. The van der Waals surface area contributed by atoms with Crippen LogP contribution < -0.4 is 4.74 Å². The van der Waals surface area contributed by atoms with Crippen LogP contribution in [0.2, 0.25) is 11.3 Å². The van der Waals surface area contributed by atoms with Crippen molar-refractivity contribution in [3.63, 3.8) is 0 Å². The summed E-state index contributed by atoms with van der Waals surface area (Å²) in [5.41, 5.74) is 3.19. The van der Waals surface area contributed by atoms with Gasteiger partial charge in [-0.3, -0.25) is 4.90 Å². The minimum atomic E-state index is -0.542. The molecular formula is C28H32BClN2O2. The highest BCUT2D eigenvalue weighted by atomic mass is 35.5. The van der Waals surface area contributed by atoms with Crippen molar-refractivity contribution < 1.29 is 9.53 Å². The smallest absolute Gasteiger partial charge is 0.347 e. The monoisotopic (exact) mass is 474 g/mol. The molecule has 34 heavy (non-hydrogen) atoms. The molecule has 5 rings (SSSR count). The lowest BCUT2D eigenvalue weighted by atomic mass is 9.48. The number of carbonyl (C=O) groups is 1. The summed E-state index contributed by atoms with van der Waals surface area (Å²) in [6.45, 7) is 3.46. The largest absolute Gasteiger partial charge is 0.496 e. The van der Waals surface area contributed by atoms with Crippen molar-refractivity contribution in [1.82, 2.24) is 4.90 Å². The predicted molar refractivity (Wildman–Crippen MR) is 137 cm³/mol. The lowest BCUT2D eigenvalue weighted by Gasteiger charge is -2.54. The van der Waals surface area contributed by atoms with Crippen LogP contribution >= 0.6 is 11.6 Å². The van der Waals surface area contributed by atoms with Crippen LogP contribution in [0.4, 0.5) is 0 Å². The Morgan fingerprint density at radius 2 is 1.88 bits per heavy atom. The van der Waals surface area contributed by atoms with Crippen molar-refractivity contribution in [1.29, 1.82) is 5.26 Å². The number of carbonyl (C=O) groups excluding carboxylic acids is 1. The van der Waals surface area contributed by atoms with E-state index in [4.69, 9.17) is 16.3 Å². The van der Waals surface area contributed by atoms with Crippen LogP contribution in [0, 0.1) is 24.1 Å². The summed E-state index contributed by atoms with van der Waals surface area (Å²) < 4.78 is 5.85. The number of halogens is 1. The number of benzene rings is 2. The zero-order valence-corrected chi connectivity index (χ0v) is 20.9. The molecule has 6 heteroatoms. The number of piperidine rings is 1. The Balaban J connectivity index is 1.66. The van der Waals surface area contributed by atoms with Crippen LogP contribution in [0.25, 0.3) is 0 Å². The lowest BCUT2D eigenvalue weighted by Crippen LogP contribution is -2.61. The van der Waals surface area contributed by atoms with E-state index < -0.39 is 12.3 Å². The average Bonchev–Trinajstić information content (AvgIpc) is 3.17. The summed E-state index contributed by atoms with van der Waals surface area (Å²) in [5.74, 6) is 3.71. The van der Waals surface area contributed by atoms with Gasteiger partial charge in [0.15, 0.2) is 0 Å². The van der Waals surface area contributed by atoms with Gasteiger partial charge < -0.3 is 9.53 Å². The summed E-state index contributed by atoms with van der Waals surface area (Å²) in [6, 6.07) is 14.6. The van der Waals surface area contributed by atoms with Crippen molar-refractivity contribution in [3.05, 3.63) is 64.2 Å². The molecule has 1 saturated carbocycles. The van der Waals surface area contributed by atoms with Crippen LogP contribution in [0.3, 0.4) is 0 Å². The lowest BCUT2D eigenvalue weighted by molar-refractivity contribution is -0.129. The highest BCUT2D eigenvalue weighted by molar-refractivity contribution is 6.98. The average molecular weight is 475 g/mol. The van der Waals surface area contributed by atoms with E-state index in [9.17, 15) is 10.1 Å². The van der Waals surface area contributed by atoms with Gasteiger partial charge in [-0.05, 0) is 105 Å². The first-order chi connectivity index (χ1) is 16.5. The van der Waals surface area contributed by atoms with Crippen molar-refractivity contribution >= 4 is 24.0 Å². The van der Waals surface area contributed by atoms with Gasteiger partial charge >= 0.3 is 6.71 Å². The van der Waals surface area contributed by atoms with E-state index in [0.717, 1.165) is 44.5 Å². The summed E-state index contributed by atoms with van der Waals surface area (Å²) in [5, 5.41) is 10.7. The van der Waals surface area contributed by atoms with Crippen LogP contribution in [0.15, 0.2) is 42.5 Å². The zero-order chi connectivity index (χ0) is 23.9. The number of likely N-dealkylation sites (tertiary alicyclic amines) is 1. The van der Waals surface area contributed by atoms with Gasteiger partial charge in [0, 0.05) is 11.0 Å². The maximum atomic E-state index is 13.9. The van der Waals surface area contributed by atoms with Crippen LogP contribution in [0.1, 0.15) is 60.6 Å². The first-order valence-corrected chi connectivity index (χ1v) is 13.0. The Labute approximate surface area is 208 Å². The molecule has 2 heterocycles. The maximum absolute atomic E-state index is 13.9. The van der Waals surface area contributed by atoms with E-state index in [0.29, 0.717) is 11.3 Å². The Morgan fingerprint density at radius 1 is 1.15 bits per heavy atom. The highest BCUT2D eigenvalue weighted by Crippen LogP contribution is 2.59. The van der Waals surface area contributed by atoms with Crippen molar-refractivity contribution in [2.24, 2.45) is 5.92 Å². The predicted octanol–water partition coefficient (Wildman–Crippen LogP) is 5.84. The molecule has 0 bridgehead atoms. The molecule has 0 aromatic heterocycles. The second kappa shape index (κ2) is 9.40. The van der Waals surface area contributed by atoms with Gasteiger partial charge in [0.25, 0.3) is 0 Å². The van der Waals surface area contributed by atoms with Gasteiger partial charge in [-0.15, -0.1) is 0 Å². The van der Waals surface area contributed by atoms with E-state index >= 15 is 0 Å². The molecule has 3 fully saturated rings. The quantitative estimate of drug-likeness (QED) is 0.522. The number of rotatable bonds is 4. The van der Waals surface area contributed by atoms with Crippen LogP contribution in [0.5, 0.6) is 5.75 Å². The summed E-state index contributed by atoms with van der Waals surface area (Å²) in [4.78, 5) is 16.4. The van der Waals surface area contributed by atoms with Gasteiger partial charge in [0.1, 0.15) is 11.4 Å². The van der Waals surface area contributed by atoms with Crippen molar-refractivity contribution in [2.75, 3.05) is 20.2 Å². The number of nitriles is 1. The highest BCUT2D eigenvalue weighted by Gasteiger charge is 2.64. The van der Waals surface area contributed by atoms with Gasteiger partial charge in [0.05, 0.1) is 12.6 Å². The molecule has 2 saturated heterocycles. The second-order valence-corrected chi connectivity index (χ2v) is 10.8. The summed E-state index contributed by atoms with van der Waals surface area (Å²) in [7, 11) is 1.74. The fourth-order valence-electron chi connectivity index (χ4n) is 7.20. The molecule has 3 aliphatic rings. The van der Waals surface area contributed by atoms with Gasteiger partial charge in [-0.1, -0.05) is 42.3 Å². The minimum absolute atomic E-state index is 0.0914. The number of hydrogen-bond acceptors (Lipinski definition) is 4. The Morgan fingerprint density at radius 3 is 2.56 bits per heavy atom. The molecule has 176 valence electrons. The molecule has 0 radical (unpaired) electrons. The Hall–Kier alpha value is -2.29. The van der Waals surface area contributed by atoms with E-state index in [-0.39, 0.29) is 23.4 Å². The molecule has 2 aliphatic heterocycles. The van der Waals surface area contributed by atoms with Gasteiger partial charge in [-0.25, -0.2) is 5.26 Å². The normalized spacial score (nSPS) is 29.5. The van der Waals surface area contributed by atoms with E-state index in [1.807, 2.05) is 12.1 Å². The van der Waals surface area contributed by atoms with Crippen molar-refractivity contribution in [2.45, 2.75) is 62.7 Å². The third kappa shape index (κ3) is 3.76. The molecule has 4 nitrogen and oxygen atoms in total. The summed E-state index contributed by atoms with van der Waals surface area (Å²) in [6.07, 6.45) is 5.80. The first-order valence-electron chi connectivity index (χ1n) is 12.6. The maximum Gasteiger partial charge on any atom is 0.347 e. The number of hydrogen-bond donors (Lipinski definition) is 0. The fourth-order valence-corrected chi connectivity index (χ4v) is 7.33. The van der Waals surface area contributed by atoms with E-state index in [1.54, 1.807) is 7.11 Å². The molecule has 4 atom stereocenters. The topological polar surface area (TPSA) is 53.3 Å². The van der Waals surface area contributed by atoms with E-state index in [2.05, 4.69) is 48.1 Å². The Bertz CT molecular complexity index is 1110. The zero-order valence-electron chi connectivity index (χ0n) is 20.1. The molecular weight excluding hydrogens is 443 g/mol. The van der Waals surface area contributed by atoms with Gasteiger partial charge in [-0.2, -0.15) is 0 Å².